The van der Waals surface area contributed by atoms with E-state index in [1.165, 1.54) is 0 Å². The number of fused-ring (bicyclic) bond motifs is 1. The lowest BCUT2D eigenvalue weighted by Crippen LogP contribution is -2.01. The molecule has 0 bridgehead atoms. The number of aromatic nitrogens is 2. The Hall–Kier alpha value is -2.01. The molecule has 1 saturated carbocycles. The van der Waals surface area contributed by atoms with E-state index in [1.54, 1.807) is 6.07 Å². The molecule has 0 unspecified atom stereocenters. The van der Waals surface area contributed by atoms with Crippen molar-refractivity contribution < 1.29 is 14.2 Å². The van der Waals surface area contributed by atoms with Crippen molar-refractivity contribution in [2.45, 2.75) is 25.4 Å². The van der Waals surface area contributed by atoms with Crippen LogP contribution in [0.25, 0.3) is 0 Å². The molecular formula is C15H13ClN2O3. The number of nitrogens with zero attached hydrogens (tertiary/aromatic N) is 2. The fraction of sp³-hybridized carbons (Fsp3) is 0.333. The van der Waals surface area contributed by atoms with Crippen LogP contribution in [0.2, 0.25) is 5.15 Å². The van der Waals surface area contributed by atoms with Crippen LogP contribution in [-0.2, 0) is 6.61 Å². The summed E-state index contributed by atoms with van der Waals surface area (Å²) in [6.45, 7) is 0.667. The highest BCUT2D eigenvalue weighted by Gasteiger charge is 2.27. The first-order valence-electron chi connectivity index (χ1n) is 6.84. The summed E-state index contributed by atoms with van der Waals surface area (Å²) >= 11 is 6.01. The molecule has 108 valence electrons. The van der Waals surface area contributed by atoms with Crippen LogP contribution in [-0.4, -0.2) is 16.8 Å². The first-order chi connectivity index (χ1) is 10.3. The summed E-state index contributed by atoms with van der Waals surface area (Å²) < 4.78 is 16.3. The smallest absolute Gasteiger partial charge is 0.231 e. The molecule has 1 aromatic carbocycles. The van der Waals surface area contributed by atoms with Crippen LogP contribution < -0.4 is 14.2 Å². The number of benzene rings is 1. The van der Waals surface area contributed by atoms with Gasteiger partial charge in [-0.2, -0.15) is 4.98 Å². The average molecular weight is 305 g/mol. The van der Waals surface area contributed by atoms with Gasteiger partial charge in [0, 0.05) is 12.0 Å². The van der Waals surface area contributed by atoms with Gasteiger partial charge in [-0.3, -0.25) is 0 Å². The second kappa shape index (κ2) is 5.07. The van der Waals surface area contributed by atoms with E-state index in [0.717, 1.165) is 35.7 Å². The zero-order valence-corrected chi connectivity index (χ0v) is 12.0. The van der Waals surface area contributed by atoms with Crippen LogP contribution in [0.3, 0.4) is 0 Å². The first kappa shape index (κ1) is 12.7. The fourth-order valence-electron chi connectivity index (χ4n) is 2.20. The maximum atomic E-state index is 6.01. The summed E-state index contributed by atoms with van der Waals surface area (Å²) in [5.41, 5.74) is 0.988. The van der Waals surface area contributed by atoms with E-state index < -0.39 is 0 Å². The van der Waals surface area contributed by atoms with Gasteiger partial charge in [0.05, 0.1) is 0 Å². The highest BCUT2D eigenvalue weighted by atomic mass is 35.5. The van der Waals surface area contributed by atoms with Crippen LogP contribution >= 0.6 is 11.6 Å². The van der Waals surface area contributed by atoms with Crippen molar-refractivity contribution in [3.63, 3.8) is 0 Å². The lowest BCUT2D eigenvalue weighted by atomic mass is 10.2. The Kier molecular flexibility index (Phi) is 3.07. The molecule has 1 fully saturated rings. The molecule has 2 aliphatic rings. The summed E-state index contributed by atoms with van der Waals surface area (Å²) in [5.74, 6) is 3.24. The highest BCUT2D eigenvalue weighted by Crippen LogP contribution is 2.39. The quantitative estimate of drug-likeness (QED) is 0.811. The van der Waals surface area contributed by atoms with Gasteiger partial charge in [0.2, 0.25) is 12.7 Å². The molecule has 0 atom stereocenters. The summed E-state index contributed by atoms with van der Waals surface area (Å²) in [6, 6.07) is 7.37. The van der Waals surface area contributed by atoms with Gasteiger partial charge in [0.15, 0.2) is 11.5 Å². The number of hydrogen-bond donors (Lipinski definition) is 0. The van der Waals surface area contributed by atoms with Gasteiger partial charge in [-0.1, -0.05) is 17.7 Å². The summed E-state index contributed by atoms with van der Waals surface area (Å²) in [6.07, 6.45) is 2.25. The standard InChI is InChI=1S/C15H13ClN2O3/c16-13-6-14(18-15(17-13)10-2-3-10)19-7-9-1-4-11-12(5-9)21-8-20-11/h1,4-6,10H,2-3,7-8H2. The van der Waals surface area contributed by atoms with E-state index in [4.69, 9.17) is 25.8 Å². The molecule has 1 aliphatic heterocycles. The predicted molar refractivity (Wildman–Crippen MR) is 75.9 cm³/mol. The van der Waals surface area contributed by atoms with E-state index >= 15 is 0 Å². The van der Waals surface area contributed by atoms with Crippen LogP contribution in [0.1, 0.15) is 30.1 Å². The third-order valence-corrected chi connectivity index (χ3v) is 3.65. The molecule has 5 nitrogen and oxygen atoms in total. The first-order valence-corrected chi connectivity index (χ1v) is 7.21. The Morgan fingerprint density at radius 3 is 2.86 bits per heavy atom. The second-order valence-electron chi connectivity index (χ2n) is 5.14. The highest BCUT2D eigenvalue weighted by molar-refractivity contribution is 6.29. The van der Waals surface area contributed by atoms with Gasteiger partial charge >= 0.3 is 0 Å². The van der Waals surface area contributed by atoms with Crippen molar-refractivity contribution in [3.8, 4) is 17.4 Å². The number of ether oxygens (including phenoxy) is 3. The molecule has 1 aliphatic carbocycles. The maximum Gasteiger partial charge on any atom is 0.231 e. The van der Waals surface area contributed by atoms with Gasteiger partial charge in [-0.25, -0.2) is 4.98 Å². The summed E-state index contributed by atoms with van der Waals surface area (Å²) in [5, 5.41) is 0.424. The minimum absolute atomic E-state index is 0.270. The lowest BCUT2D eigenvalue weighted by Gasteiger charge is -2.08. The molecule has 1 aromatic heterocycles. The topological polar surface area (TPSA) is 53.5 Å². The largest absolute Gasteiger partial charge is 0.473 e. The van der Waals surface area contributed by atoms with Crippen molar-refractivity contribution in [1.29, 1.82) is 0 Å². The Bertz CT molecular complexity index is 689. The molecular weight excluding hydrogens is 292 g/mol. The Labute approximate surface area is 126 Å². The van der Waals surface area contributed by atoms with Crippen LogP contribution in [0.4, 0.5) is 0 Å². The van der Waals surface area contributed by atoms with E-state index in [0.29, 0.717) is 23.6 Å². The third kappa shape index (κ3) is 2.74. The molecule has 2 heterocycles. The van der Waals surface area contributed by atoms with Crippen molar-refractivity contribution in [2.24, 2.45) is 0 Å². The number of hydrogen-bond acceptors (Lipinski definition) is 5. The van der Waals surface area contributed by atoms with Gasteiger partial charge in [0.25, 0.3) is 0 Å². The van der Waals surface area contributed by atoms with Crippen LogP contribution in [0.5, 0.6) is 17.4 Å². The van der Waals surface area contributed by atoms with Crippen molar-refractivity contribution in [3.05, 3.63) is 40.8 Å². The normalized spacial score (nSPS) is 16.0. The molecule has 21 heavy (non-hydrogen) atoms. The molecule has 0 saturated heterocycles. The van der Waals surface area contributed by atoms with Crippen molar-refractivity contribution in [1.82, 2.24) is 9.97 Å². The Morgan fingerprint density at radius 1 is 1.14 bits per heavy atom. The van der Waals surface area contributed by atoms with Crippen LogP contribution in [0, 0.1) is 0 Å². The average Bonchev–Trinajstić information content (AvgIpc) is 3.23. The van der Waals surface area contributed by atoms with Gasteiger partial charge in [0.1, 0.15) is 17.6 Å². The Morgan fingerprint density at radius 2 is 2.00 bits per heavy atom. The molecule has 0 N–H and O–H groups in total. The van der Waals surface area contributed by atoms with Gasteiger partial charge in [-0.15, -0.1) is 0 Å². The molecule has 6 heteroatoms. The molecule has 0 radical (unpaired) electrons. The summed E-state index contributed by atoms with van der Waals surface area (Å²) in [4.78, 5) is 8.65. The zero-order valence-electron chi connectivity index (χ0n) is 11.2. The van der Waals surface area contributed by atoms with Crippen molar-refractivity contribution in [2.75, 3.05) is 6.79 Å². The van der Waals surface area contributed by atoms with E-state index in [1.807, 2.05) is 18.2 Å². The van der Waals surface area contributed by atoms with Crippen LogP contribution in [0.15, 0.2) is 24.3 Å². The SMILES string of the molecule is Clc1cc(OCc2ccc3c(c2)OCO3)nc(C2CC2)n1. The zero-order chi connectivity index (χ0) is 14.2. The minimum atomic E-state index is 0.270. The predicted octanol–water partition coefficient (Wildman–Crippen LogP) is 3.32. The van der Waals surface area contributed by atoms with E-state index in [9.17, 15) is 0 Å². The molecule has 2 aromatic rings. The summed E-state index contributed by atoms with van der Waals surface area (Å²) in [7, 11) is 0. The fourth-order valence-corrected chi connectivity index (χ4v) is 2.38. The lowest BCUT2D eigenvalue weighted by molar-refractivity contribution is 0.174. The molecule has 0 amide bonds. The van der Waals surface area contributed by atoms with Gasteiger partial charge < -0.3 is 14.2 Å². The maximum absolute atomic E-state index is 6.01. The third-order valence-electron chi connectivity index (χ3n) is 3.45. The van der Waals surface area contributed by atoms with E-state index in [-0.39, 0.29) is 6.79 Å². The monoisotopic (exact) mass is 304 g/mol. The minimum Gasteiger partial charge on any atom is -0.473 e. The molecule has 0 spiro atoms. The van der Waals surface area contributed by atoms with E-state index in [2.05, 4.69) is 9.97 Å². The number of rotatable bonds is 4. The number of halogens is 1. The molecule has 4 rings (SSSR count). The van der Waals surface area contributed by atoms with Gasteiger partial charge in [-0.05, 0) is 30.5 Å². The second-order valence-corrected chi connectivity index (χ2v) is 5.52. The Balaban J connectivity index is 1.49. The van der Waals surface area contributed by atoms with Crippen molar-refractivity contribution >= 4 is 11.6 Å².